The highest BCUT2D eigenvalue weighted by Crippen LogP contribution is 2.41. The summed E-state index contributed by atoms with van der Waals surface area (Å²) in [6.07, 6.45) is 0.586. The Bertz CT molecular complexity index is 2280. The second-order valence-electron chi connectivity index (χ2n) is 14.0. The molecule has 4 amide bonds. The van der Waals surface area contributed by atoms with Gasteiger partial charge in [0.25, 0.3) is 11.8 Å². The first-order valence-electron chi connectivity index (χ1n) is 18.5. The van der Waals surface area contributed by atoms with E-state index in [0.717, 1.165) is 71.6 Å². The Balaban J connectivity index is 0.855. The van der Waals surface area contributed by atoms with Gasteiger partial charge in [0, 0.05) is 80.5 Å². The van der Waals surface area contributed by atoms with Gasteiger partial charge in [-0.05, 0) is 102 Å². The number of ether oxygens (including phenoxy) is 2. The molecule has 1 unspecified atom stereocenters. The first-order chi connectivity index (χ1) is 26.7. The van der Waals surface area contributed by atoms with Gasteiger partial charge < -0.3 is 29.7 Å². The number of piperazine rings is 1. The van der Waals surface area contributed by atoms with Crippen LogP contribution in [-0.2, 0) is 16.1 Å². The lowest BCUT2D eigenvalue weighted by Crippen LogP contribution is -2.52. The number of piperidine rings is 1. The average Bonchev–Trinajstić information content (AvgIpc) is 3.53. The second kappa shape index (κ2) is 15.2. The van der Waals surface area contributed by atoms with E-state index in [4.69, 9.17) is 9.47 Å². The van der Waals surface area contributed by atoms with Gasteiger partial charge in [-0.25, -0.2) is 0 Å². The maximum Gasteiger partial charge on any atom is 0.255 e. The van der Waals surface area contributed by atoms with Gasteiger partial charge in [0.05, 0.1) is 0 Å². The number of hydrogen-bond donors (Lipinski definition) is 3. The van der Waals surface area contributed by atoms with Crippen molar-refractivity contribution < 1.29 is 33.8 Å². The van der Waals surface area contributed by atoms with Crippen molar-refractivity contribution in [2.45, 2.75) is 25.4 Å². The number of fused-ring (bicyclic) bond motifs is 2. The van der Waals surface area contributed by atoms with Crippen LogP contribution in [0.25, 0.3) is 21.9 Å². The third-order valence-electron chi connectivity index (χ3n) is 10.6. The Hall–Kier alpha value is -6.40. The highest BCUT2D eigenvalue weighted by atomic mass is 16.5. The number of imide groups is 1. The minimum Gasteiger partial charge on any atom is -0.508 e. The van der Waals surface area contributed by atoms with E-state index in [1.165, 1.54) is 0 Å². The van der Waals surface area contributed by atoms with Crippen LogP contribution in [-0.4, -0.2) is 91.0 Å². The lowest BCUT2D eigenvalue weighted by Gasteiger charge is -2.36. The minimum atomic E-state index is -0.619. The summed E-state index contributed by atoms with van der Waals surface area (Å²) in [4.78, 5) is 55.5. The molecule has 3 aliphatic rings. The van der Waals surface area contributed by atoms with Gasteiger partial charge in [-0.2, -0.15) is 0 Å². The van der Waals surface area contributed by atoms with Crippen molar-refractivity contribution in [2.24, 2.45) is 0 Å². The third-order valence-corrected chi connectivity index (χ3v) is 10.6. The zero-order valence-corrected chi connectivity index (χ0v) is 30.4. The number of carbonyl (C=O) groups is 4. The quantitative estimate of drug-likeness (QED) is 0.162. The van der Waals surface area contributed by atoms with Crippen LogP contribution < -0.4 is 25.0 Å². The fourth-order valence-corrected chi connectivity index (χ4v) is 7.57. The summed E-state index contributed by atoms with van der Waals surface area (Å²) in [5.41, 5.74) is 4.89. The van der Waals surface area contributed by atoms with Crippen LogP contribution in [0.3, 0.4) is 0 Å². The van der Waals surface area contributed by atoms with Crippen molar-refractivity contribution in [3.8, 4) is 34.1 Å². The second-order valence-corrected chi connectivity index (χ2v) is 14.0. The summed E-state index contributed by atoms with van der Waals surface area (Å²) >= 11 is 0. The normalized spacial score (nSPS) is 17.3. The average molecular weight is 740 g/mol. The van der Waals surface area contributed by atoms with Crippen molar-refractivity contribution in [1.29, 1.82) is 0 Å². The van der Waals surface area contributed by atoms with Crippen LogP contribution >= 0.6 is 0 Å². The van der Waals surface area contributed by atoms with Crippen molar-refractivity contribution in [3.63, 3.8) is 0 Å². The molecule has 5 aromatic carbocycles. The Kier molecular flexibility index (Phi) is 9.81. The van der Waals surface area contributed by atoms with E-state index < -0.39 is 11.9 Å². The Morgan fingerprint density at radius 1 is 0.855 bits per heavy atom. The van der Waals surface area contributed by atoms with Crippen LogP contribution in [0.15, 0.2) is 97.1 Å². The Morgan fingerprint density at radius 2 is 1.60 bits per heavy atom. The molecule has 5 aromatic rings. The summed E-state index contributed by atoms with van der Waals surface area (Å²) in [5, 5.41) is 16.8. The molecule has 3 heterocycles. The lowest BCUT2D eigenvalue weighted by molar-refractivity contribution is -0.136. The molecule has 2 saturated heterocycles. The van der Waals surface area contributed by atoms with Crippen LogP contribution in [0, 0.1) is 0 Å². The summed E-state index contributed by atoms with van der Waals surface area (Å²) in [6.45, 7) is 5.08. The van der Waals surface area contributed by atoms with Crippen LogP contribution in [0.4, 0.5) is 5.69 Å². The zero-order valence-electron chi connectivity index (χ0n) is 30.4. The van der Waals surface area contributed by atoms with E-state index in [1.807, 2.05) is 66.7 Å². The fourth-order valence-electron chi connectivity index (χ4n) is 7.57. The molecule has 0 aliphatic carbocycles. The number of aromatic hydroxyl groups is 1. The number of rotatable bonds is 10. The Morgan fingerprint density at radius 3 is 2.35 bits per heavy atom. The topological polar surface area (TPSA) is 141 Å². The summed E-state index contributed by atoms with van der Waals surface area (Å²) in [7, 11) is 1.60. The van der Waals surface area contributed by atoms with E-state index in [1.54, 1.807) is 36.2 Å². The monoisotopic (exact) mass is 739 g/mol. The number of benzene rings is 5. The number of carbonyl (C=O) groups excluding carboxylic acids is 4. The molecule has 280 valence electrons. The van der Waals surface area contributed by atoms with Crippen molar-refractivity contribution in [2.75, 3.05) is 51.3 Å². The van der Waals surface area contributed by atoms with Gasteiger partial charge in [0.1, 0.15) is 35.6 Å². The zero-order chi connectivity index (χ0) is 38.1. The summed E-state index contributed by atoms with van der Waals surface area (Å²) < 4.78 is 12.6. The first-order valence-corrected chi connectivity index (χ1v) is 18.5. The van der Waals surface area contributed by atoms with Crippen LogP contribution in [0.2, 0.25) is 0 Å². The summed E-state index contributed by atoms with van der Waals surface area (Å²) in [5.74, 6) is 1.17. The van der Waals surface area contributed by atoms with E-state index in [-0.39, 0.29) is 29.9 Å². The summed E-state index contributed by atoms with van der Waals surface area (Å²) in [6, 6.07) is 29.2. The van der Waals surface area contributed by atoms with E-state index in [9.17, 15) is 24.3 Å². The maximum absolute atomic E-state index is 13.1. The molecule has 0 aromatic heterocycles. The lowest BCUT2D eigenvalue weighted by atomic mass is 9.98. The van der Waals surface area contributed by atoms with Gasteiger partial charge in [-0.3, -0.25) is 29.4 Å². The molecule has 0 saturated carbocycles. The highest BCUT2D eigenvalue weighted by Gasteiger charge is 2.39. The molecule has 12 heteroatoms. The number of nitrogens with zero attached hydrogens (tertiary/aromatic N) is 3. The van der Waals surface area contributed by atoms with Crippen LogP contribution in [0.5, 0.6) is 23.0 Å². The highest BCUT2D eigenvalue weighted by molar-refractivity contribution is 6.05. The van der Waals surface area contributed by atoms with Crippen molar-refractivity contribution >= 4 is 40.1 Å². The van der Waals surface area contributed by atoms with Crippen LogP contribution in [0.1, 0.15) is 39.1 Å². The number of nitrogens with one attached hydrogen (secondary N) is 2. The SMILES string of the molecule is CNC(=O)c1ccc(-c2ccc3cc(O)ccc3c2Oc2ccc(OCCN3CCN(c4ccc5c(c4)CN(C4CCC(=O)NC4=O)C5=O)CC3)cc2)cc1. The standard InChI is InChI=1S/C43H41N5O7/c1-44-41(51)28-4-2-27(3-5-28)35-13-6-29-25-32(49)8-15-36(29)40(35)55-34-11-9-33(10-12-34)54-23-22-46-18-20-47(21-19-46)31-7-14-37-30(24-31)26-48(43(37)53)38-16-17-39(50)45-42(38)52/h2-15,24-25,38,49H,16-23,26H2,1H3,(H,44,51)(H,45,50,52). The smallest absolute Gasteiger partial charge is 0.255 e. The predicted octanol–water partition coefficient (Wildman–Crippen LogP) is 5.33. The van der Waals surface area contributed by atoms with E-state index in [2.05, 4.69) is 26.5 Å². The van der Waals surface area contributed by atoms with Gasteiger partial charge in [-0.1, -0.05) is 18.2 Å². The molecule has 8 rings (SSSR count). The molecule has 1 atom stereocenters. The minimum absolute atomic E-state index is 0.156. The number of anilines is 1. The van der Waals surface area contributed by atoms with Crippen molar-refractivity contribution in [3.05, 3.63) is 114 Å². The molecule has 0 spiro atoms. The molecule has 0 radical (unpaired) electrons. The maximum atomic E-state index is 13.1. The number of phenols is 1. The first kappa shape index (κ1) is 35.6. The van der Waals surface area contributed by atoms with Gasteiger partial charge in [0.2, 0.25) is 11.8 Å². The van der Waals surface area contributed by atoms with E-state index >= 15 is 0 Å². The third kappa shape index (κ3) is 7.41. The predicted molar refractivity (Wildman–Crippen MR) is 208 cm³/mol. The molecule has 3 N–H and O–H groups in total. The van der Waals surface area contributed by atoms with Gasteiger partial charge >= 0.3 is 0 Å². The fraction of sp³-hybridized carbons (Fsp3) is 0.256. The number of phenolic OH excluding ortho intramolecular Hbond substituents is 1. The molecular formula is C43H41N5O7. The van der Waals surface area contributed by atoms with E-state index in [0.29, 0.717) is 42.2 Å². The number of amides is 4. The molecule has 12 nitrogen and oxygen atoms in total. The van der Waals surface area contributed by atoms with Gasteiger partial charge in [-0.15, -0.1) is 0 Å². The molecule has 0 bridgehead atoms. The van der Waals surface area contributed by atoms with Crippen molar-refractivity contribution in [1.82, 2.24) is 20.4 Å². The van der Waals surface area contributed by atoms with Gasteiger partial charge in [0.15, 0.2) is 0 Å². The molecule has 55 heavy (non-hydrogen) atoms. The molecule has 2 fully saturated rings. The molecular weight excluding hydrogens is 699 g/mol. The Labute approximate surface area is 318 Å². The molecule has 3 aliphatic heterocycles. The largest absolute Gasteiger partial charge is 0.508 e. The number of hydrogen-bond acceptors (Lipinski definition) is 9.